The van der Waals surface area contributed by atoms with Crippen LogP contribution in [-0.2, 0) is 0 Å². The van der Waals surface area contributed by atoms with Crippen LogP contribution in [0.1, 0.15) is 74.0 Å². The molecular weight excluding hydrogens is 382 g/mol. The van der Waals surface area contributed by atoms with Gasteiger partial charge in [0.15, 0.2) is 0 Å². The number of hydrogen-bond donors (Lipinski definition) is 1. The van der Waals surface area contributed by atoms with Crippen molar-refractivity contribution in [2.45, 2.75) is 65.5 Å². The number of nitrogens with zero attached hydrogens (tertiary/aromatic N) is 2. The molecule has 0 radical (unpaired) electrons. The van der Waals surface area contributed by atoms with Crippen LogP contribution >= 0.6 is 11.6 Å². The van der Waals surface area contributed by atoms with Crippen molar-refractivity contribution < 1.29 is 4.79 Å². The molecule has 2 aromatic rings. The van der Waals surface area contributed by atoms with Gasteiger partial charge in [0.1, 0.15) is 0 Å². The van der Waals surface area contributed by atoms with Gasteiger partial charge in [0.05, 0.1) is 16.8 Å². The van der Waals surface area contributed by atoms with Crippen LogP contribution in [0.15, 0.2) is 41.5 Å². The predicted octanol–water partition coefficient (Wildman–Crippen LogP) is 5.91. The summed E-state index contributed by atoms with van der Waals surface area (Å²) in [5.74, 6) is 0.148. The maximum absolute atomic E-state index is 12.3. The second-order valence-electron chi connectivity index (χ2n) is 8.88. The topological polar surface area (TPSA) is 44.7 Å². The first-order valence-corrected chi connectivity index (χ1v) is 10.5. The van der Waals surface area contributed by atoms with Gasteiger partial charge in [0, 0.05) is 17.3 Å². The molecule has 1 aliphatic rings. The standard InChI is InChI=1S/C24H30ClN3O/c1-15(2)28-22-10-8-18(12-20(22)17(4)13-24(28,5)6)14-26-27-23(29)19-9-7-16(3)11-21(19)25/h7-12,14-15,17H,13H2,1-6H3,(H,27,29)/b26-14-/t17-/m0/s1. The summed E-state index contributed by atoms with van der Waals surface area (Å²) >= 11 is 6.16. The Hall–Kier alpha value is -2.33. The molecule has 0 unspecified atom stereocenters. The van der Waals surface area contributed by atoms with E-state index in [2.05, 4.69) is 68.2 Å². The monoisotopic (exact) mass is 411 g/mol. The van der Waals surface area contributed by atoms with Gasteiger partial charge in [-0.1, -0.05) is 30.7 Å². The fourth-order valence-corrected chi connectivity index (χ4v) is 4.88. The number of fused-ring (bicyclic) bond motifs is 1. The Morgan fingerprint density at radius 1 is 1.28 bits per heavy atom. The zero-order chi connectivity index (χ0) is 21.3. The third-order valence-electron chi connectivity index (χ3n) is 5.57. The molecule has 4 nitrogen and oxygen atoms in total. The largest absolute Gasteiger partial charge is 0.364 e. The summed E-state index contributed by atoms with van der Waals surface area (Å²) in [6.45, 7) is 13.3. The summed E-state index contributed by atoms with van der Waals surface area (Å²) in [4.78, 5) is 14.8. The zero-order valence-corrected chi connectivity index (χ0v) is 18.8. The lowest BCUT2D eigenvalue weighted by molar-refractivity contribution is 0.0955. The number of carbonyl (C=O) groups excluding carboxylic acids is 1. The number of hydrazone groups is 1. The second kappa shape index (κ2) is 8.19. The number of anilines is 1. The number of aryl methyl sites for hydroxylation is 1. The van der Waals surface area contributed by atoms with Gasteiger partial charge >= 0.3 is 0 Å². The van der Waals surface area contributed by atoms with E-state index in [0.717, 1.165) is 17.5 Å². The van der Waals surface area contributed by atoms with E-state index in [9.17, 15) is 4.79 Å². The van der Waals surface area contributed by atoms with E-state index in [1.165, 1.54) is 11.3 Å². The lowest BCUT2D eigenvalue weighted by atomic mass is 9.79. The number of rotatable bonds is 4. The van der Waals surface area contributed by atoms with E-state index in [1.807, 2.05) is 13.0 Å². The predicted molar refractivity (Wildman–Crippen MR) is 122 cm³/mol. The first-order chi connectivity index (χ1) is 13.6. The molecule has 0 fully saturated rings. The Bertz CT molecular complexity index is 949. The zero-order valence-electron chi connectivity index (χ0n) is 18.1. The van der Waals surface area contributed by atoms with Crippen molar-refractivity contribution in [1.29, 1.82) is 0 Å². The molecule has 2 aromatic carbocycles. The van der Waals surface area contributed by atoms with Crippen LogP contribution in [0.2, 0.25) is 5.02 Å². The second-order valence-corrected chi connectivity index (χ2v) is 9.29. The highest BCUT2D eigenvalue weighted by Gasteiger charge is 2.37. The number of hydrogen-bond acceptors (Lipinski definition) is 3. The maximum atomic E-state index is 12.3. The van der Waals surface area contributed by atoms with Crippen LogP contribution in [-0.4, -0.2) is 23.7 Å². The highest BCUT2D eigenvalue weighted by Crippen LogP contribution is 2.44. The van der Waals surface area contributed by atoms with Crippen molar-refractivity contribution in [2.75, 3.05) is 4.90 Å². The fraction of sp³-hybridized carbons (Fsp3) is 0.417. The molecule has 29 heavy (non-hydrogen) atoms. The van der Waals surface area contributed by atoms with Crippen molar-refractivity contribution in [3.8, 4) is 0 Å². The van der Waals surface area contributed by atoms with Crippen molar-refractivity contribution >= 4 is 29.4 Å². The van der Waals surface area contributed by atoms with Gasteiger partial charge in [-0.25, -0.2) is 5.43 Å². The number of carbonyl (C=O) groups is 1. The highest BCUT2D eigenvalue weighted by atomic mass is 35.5. The van der Waals surface area contributed by atoms with Crippen LogP contribution < -0.4 is 10.3 Å². The Balaban J connectivity index is 1.79. The van der Waals surface area contributed by atoms with Gasteiger partial charge in [-0.05, 0) is 87.9 Å². The molecule has 0 saturated carbocycles. The molecule has 1 aliphatic heterocycles. The normalized spacial score (nSPS) is 18.2. The third kappa shape index (κ3) is 4.48. The summed E-state index contributed by atoms with van der Waals surface area (Å²) in [5, 5.41) is 4.57. The summed E-state index contributed by atoms with van der Waals surface area (Å²) in [7, 11) is 0. The Labute approximate surface area is 179 Å². The summed E-state index contributed by atoms with van der Waals surface area (Å²) in [6.07, 6.45) is 2.79. The Morgan fingerprint density at radius 2 is 2.00 bits per heavy atom. The number of benzene rings is 2. The molecule has 3 rings (SSSR count). The van der Waals surface area contributed by atoms with Crippen LogP contribution in [0.5, 0.6) is 0 Å². The summed E-state index contributed by atoms with van der Waals surface area (Å²) < 4.78 is 0. The molecule has 0 bridgehead atoms. The fourth-order valence-electron chi connectivity index (χ4n) is 4.56. The van der Waals surface area contributed by atoms with Crippen LogP contribution in [0.4, 0.5) is 5.69 Å². The maximum Gasteiger partial charge on any atom is 0.272 e. The minimum Gasteiger partial charge on any atom is -0.364 e. The van der Waals surface area contributed by atoms with Crippen LogP contribution in [0.3, 0.4) is 0 Å². The molecule has 1 amide bonds. The summed E-state index contributed by atoms with van der Waals surface area (Å²) in [5.41, 5.74) is 7.71. The highest BCUT2D eigenvalue weighted by molar-refractivity contribution is 6.33. The Kier molecular flexibility index (Phi) is 6.04. The van der Waals surface area contributed by atoms with Gasteiger partial charge in [-0.3, -0.25) is 4.79 Å². The summed E-state index contributed by atoms with van der Waals surface area (Å²) in [6, 6.07) is 12.2. The number of amides is 1. The molecule has 0 saturated heterocycles. The quantitative estimate of drug-likeness (QED) is 0.501. The molecule has 154 valence electrons. The van der Waals surface area contributed by atoms with E-state index >= 15 is 0 Å². The minimum absolute atomic E-state index is 0.122. The van der Waals surface area contributed by atoms with Crippen LogP contribution in [0.25, 0.3) is 0 Å². The molecule has 1 heterocycles. The average molecular weight is 412 g/mol. The van der Waals surface area contributed by atoms with E-state index in [-0.39, 0.29) is 11.4 Å². The molecule has 0 aromatic heterocycles. The number of halogens is 1. The third-order valence-corrected chi connectivity index (χ3v) is 5.88. The first kappa shape index (κ1) is 21.4. The first-order valence-electron chi connectivity index (χ1n) is 10.1. The van der Waals surface area contributed by atoms with E-state index in [4.69, 9.17) is 11.6 Å². The molecule has 0 aliphatic carbocycles. The molecular formula is C24H30ClN3O. The van der Waals surface area contributed by atoms with Crippen molar-refractivity contribution in [2.24, 2.45) is 5.10 Å². The van der Waals surface area contributed by atoms with Gasteiger partial charge in [-0.15, -0.1) is 0 Å². The molecule has 1 N–H and O–H groups in total. The van der Waals surface area contributed by atoms with Gasteiger partial charge < -0.3 is 4.90 Å². The van der Waals surface area contributed by atoms with E-state index in [1.54, 1.807) is 18.3 Å². The lowest BCUT2D eigenvalue weighted by Gasteiger charge is -2.50. The smallest absolute Gasteiger partial charge is 0.272 e. The van der Waals surface area contributed by atoms with Gasteiger partial charge in [-0.2, -0.15) is 5.10 Å². The van der Waals surface area contributed by atoms with Crippen LogP contribution in [0, 0.1) is 6.92 Å². The lowest BCUT2D eigenvalue weighted by Crippen LogP contribution is -2.51. The van der Waals surface area contributed by atoms with E-state index in [0.29, 0.717) is 22.5 Å². The van der Waals surface area contributed by atoms with Crippen molar-refractivity contribution in [3.05, 3.63) is 63.7 Å². The average Bonchev–Trinajstić information content (AvgIpc) is 2.61. The van der Waals surface area contributed by atoms with Crippen molar-refractivity contribution in [1.82, 2.24) is 5.43 Å². The van der Waals surface area contributed by atoms with Gasteiger partial charge in [0.25, 0.3) is 5.91 Å². The van der Waals surface area contributed by atoms with Gasteiger partial charge in [0.2, 0.25) is 0 Å². The SMILES string of the molecule is Cc1ccc(C(=O)N/N=C\c2ccc3c(c2)[C@@H](C)CC(C)(C)N3C(C)C)c(Cl)c1. The minimum atomic E-state index is -0.315. The molecule has 5 heteroatoms. The molecule has 1 atom stereocenters. The van der Waals surface area contributed by atoms with E-state index < -0.39 is 0 Å². The van der Waals surface area contributed by atoms with Crippen molar-refractivity contribution in [3.63, 3.8) is 0 Å². The molecule has 0 spiro atoms. The Morgan fingerprint density at radius 3 is 2.66 bits per heavy atom. The number of nitrogens with one attached hydrogen (secondary N) is 1.